The molecule has 7 nitrogen and oxygen atoms in total. The maximum atomic E-state index is 11.6. The summed E-state index contributed by atoms with van der Waals surface area (Å²) in [6, 6.07) is 6.01. The molecule has 1 amide bonds. The van der Waals surface area contributed by atoms with E-state index in [2.05, 4.69) is 5.32 Å². The Morgan fingerprint density at radius 3 is 2.15 bits per heavy atom. The van der Waals surface area contributed by atoms with E-state index in [1.165, 1.54) is 24.3 Å². The van der Waals surface area contributed by atoms with Crippen LogP contribution in [0.25, 0.3) is 0 Å². The van der Waals surface area contributed by atoms with E-state index >= 15 is 0 Å². The van der Waals surface area contributed by atoms with Crippen molar-refractivity contribution in [2.24, 2.45) is 0 Å². The molecule has 20 heavy (non-hydrogen) atoms. The molecule has 8 heteroatoms. The molecule has 0 radical (unpaired) electrons. The highest BCUT2D eigenvalue weighted by molar-refractivity contribution is 6.30. The topological polar surface area (TPSA) is 130 Å². The molecule has 0 aliphatic carbocycles. The molecule has 1 aromatic carbocycles. The van der Waals surface area contributed by atoms with Crippen LogP contribution >= 0.6 is 11.6 Å². The Morgan fingerprint density at radius 2 is 1.65 bits per heavy atom. The summed E-state index contributed by atoms with van der Waals surface area (Å²) < 4.78 is 0. The van der Waals surface area contributed by atoms with Crippen molar-refractivity contribution < 1.29 is 30.3 Å². The fraction of sp³-hybridized carbons (Fsp3) is 0.417. The molecule has 0 spiro atoms. The molecular weight excluding hydrogens is 290 g/mol. The van der Waals surface area contributed by atoms with E-state index in [0.29, 0.717) is 10.7 Å². The molecule has 0 unspecified atom stereocenters. The number of nitrogens with one attached hydrogen (secondary N) is 1. The van der Waals surface area contributed by atoms with Crippen molar-refractivity contribution in [3.8, 4) is 0 Å². The minimum Gasteiger partial charge on any atom is -0.394 e. The van der Waals surface area contributed by atoms with Gasteiger partial charge in [0.15, 0.2) is 6.10 Å². The SMILES string of the molecule is O=C(Nc1ccc(Cl)cc1)[C@H](O)[C@@H](O)[C@H](O)[C@H](O)CO. The van der Waals surface area contributed by atoms with Crippen molar-refractivity contribution in [3.05, 3.63) is 29.3 Å². The van der Waals surface area contributed by atoms with Gasteiger partial charge in [-0.05, 0) is 24.3 Å². The number of rotatable bonds is 6. The predicted octanol–water partition coefficient (Wildman–Crippen LogP) is -1.29. The van der Waals surface area contributed by atoms with Gasteiger partial charge < -0.3 is 30.8 Å². The molecular formula is C12H16ClNO6. The third kappa shape index (κ3) is 4.41. The number of carbonyl (C=O) groups is 1. The minimum atomic E-state index is -1.97. The Morgan fingerprint density at radius 1 is 1.10 bits per heavy atom. The molecule has 1 rings (SSSR count). The molecule has 0 heterocycles. The summed E-state index contributed by atoms with van der Waals surface area (Å²) >= 11 is 5.67. The monoisotopic (exact) mass is 305 g/mol. The van der Waals surface area contributed by atoms with E-state index < -0.39 is 36.9 Å². The molecule has 6 N–H and O–H groups in total. The lowest BCUT2D eigenvalue weighted by atomic mass is 10.0. The van der Waals surface area contributed by atoms with Crippen molar-refractivity contribution >= 4 is 23.2 Å². The van der Waals surface area contributed by atoms with Gasteiger partial charge in [0.25, 0.3) is 5.91 Å². The van der Waals surface area contributed by atoms with Gasteiger partial charge in [0.05, 0.1) is 6.61 Å². The maximum Gasteiger partial charge on any atom is 0.256 e. The Labute approximate surface area is 120 Å². The Bertz CT molecular complexity index is 440. The van der Waals surface area contributed by atoms with Crippen LogP contribution in [-0.2, 0) is 4.79 Å². The molecule has 0 saturated carbocycles. The summed E-state index contributed by atoms with van der Waals surface area (Å²) in [4.78, 5) is 11.6. The van der Waals surface area contributed by atoms with Crippen LogP contribution in [0.4, 0.5) is 5.69 Å². The van der Waals surface area contributed by atoms with Crippen LogP contribution in [0.5, 0.6) is 0 Å². The summed E-state index contributed by atoms with van der Waals surface area (Å²) in [5, 5.41) is 49.0. The lowest BCUT2D eigenvalue weighted by Crippen LogP contribution is -2.50. The predicted molar refractivity (Wildman–Crippen MR) is 71.2 cm³/mol. The normalized spacial score (nSPS) is 17.1. The van der Waals surface area contributed by atoms with E-state index in [1.807, 2.05) is 0 Å². The second-order valence-corrected chi connectivity index (χ2v) is 4.61. The number of aliphatic hydroxyl groups is 5. The first-order valence-electron chi connectivity index (χ1n) is 5.76. The Balaban J connectivity index is 2.64. The van der Waals surface area contributed by atoms with Gasteiger partial charge in [-0.1, -0.05) is 11.6 Å². The first-order valence-corrected chi connectivity index (χ1v) is 6.14. The fourth-order valence-corrected chi connectivity index (χ4v) is 1.55. The van der Waals surface area contributed by atoms with Crippen LogP contribution < -0.4 is 5.32 Å². The maximum absolute atomic E-state index is 11.6. The summed E-state index contributed by atoms with van der Waals surface area (Å²) in [6.07, 6.45) is -7.43. The summed E-state index contributed by atoms with van der Waals surface area (Å²) in [7, 11) is 0. The largest absolute Gasteiger partial charge is 0.394 e. The van der Waals surface area contributed by atoms with Crippen LogP contribution in [0.3, 0.4) is 0 Å². The zero-order valence-electron chi connectivity index (χ0n) is 10.3. The number of benzene rings is 1. The van der Waals surface area contributed by atoms with Crippen LogP contribution in [-0.4, -0.2) is 62.5 Å². The number of carbonyl (C=O) groups excluding carboxylic acids is 1. The Hall–Kier alpha value is -1.22. The number of halogens is 1. The smallest absolute Gasteiger partial charge is 0.256 e. The molecule has 0 fully saturated rings. The second kappa shape index (κ2) is 7.53. The molecule has 0 aromatic heterocycles. The second-order valence-electron chi connectivity index (χ2n) is 4.17. The highest BCUT2D eigenvalue weighted by Crippen LogP contribution is 2.14. The molecule has 1 aromatic rings. The molecule has 0 saturated heterocycles. The van der Waals surface area contributed by atoms with Gasteiger partial charge in [0, 0.05) is 10.7 Å². The van der Waals surface area contributed by atoms with Crippen LogP contribution in [0, 0.1) is 0 Å². The fourth-order valence-electron chi connectivity index (χ4n) is 1.43. The van der Waals surface area contributed by atoms with E-state index in [1.54, 1.807) is 0 Å². The standard InChI is InChI=1S/C12H16ClNO6/c13-6-1-3-7(4-2-6)14-12(20)11(19)10(18)9(17)8(16)5-15/h1-4,8-11,15-19H,5H2,(H,14,20)/t8-,9-,10+,11-/m1/s1. The number of amides is 1. The summed E-state index contributed by atoms with van der Waals surface area (Å²) in [6.45, 7) is -0.816. The van der Waals surface area contributed by atoms with Gasteiger partial charge >= 0.3 is 0 Å². The van der Waals surface area contributed by atoms with Gasteiger partial charge in [-0.25, -0.2) is 0 Å². The zero-order chi connectivity index (χ0) is 15.3. The van der Waals surface area contributed by atoms with Crippen molar-refractivity contribution in [2.45, 2.75) is 24.4 Å². The third-order valence-corrected chi connectivity index (χ3v) is 2.89. The lowest BCUT2D eigenvalue weighted by Gasteiger charge is -2.24. The first kappa shape index (κ1) is 16.8. The van der Waals surface area contributed by atoms with Gasteiger partial charge in [-0.2, -0.15) is 0 Å². The van der Waals surface area contributed by atoms with Crippen molar-refractivity contribution in [1.82, 2.24) is 0 Å². The zero-order valence-corrected chi connectivity index (χ0v) is 11.1. The lowest BCUT2D eigenvalue weighted by molar-refractivity contribution is -0.144. The average molecular weight is 306 g/mol. The third-order valence-electron chi connectivity index (χ3n) is 2.64. The van der Waals surface area contributed by atoms with Gasteiger partial charge in [-0.15, -0.1) is 0 Å². The minimum absolute atomic E-state index is 0.336. The Kier molecular flexibility index (Phi) is 6.34. The van der Waals surface area contributed by atoms with Crippen LogP contribution in [0.15, 0.2) is 24.3 Å². The van der Waals surface area contributed by atoms with Crippen molar-refractivity contribution in [2.75, 3.05) is 11.9 Å². The highest BCUT2D eigenvalue weighted by atomic mass is 35.5. The van der Waals surface area contributed by atoms with E-state index in [-0.39, 0.29) is 0 Å². The molecule has 112 valence electrons. The highest BCUT2D eigenvalue weighted by Gasteiger charge is 2.34. The number of hydrogen-bond acceptors (Lipinski definition) is 6. The van der Waals surface area contributed by atoms with Gasteiger partial charge in [-0.3, -0.25) is 4.79 Å². The van der Waals surface area contributed by atoms with E-state index in [4.69, 9.17) is 21.8 Å². The summed E-state index contributed by atoms with van der Waals surface area (Å²) in [5.74, 6) is -0.969. The first-order chi connectivity index (χ1) is 9.36. The molecule has 0 bridgehead atoms. The number of hydrogen-bond donors (Lipinski definition) is 6. The molecule has 4 atom stereocenters. The van der Waals surface area contributed by atoms with E-state index in [9.17, 15) is 20.1 Å². The summed E-state index contributed by atoms with van der Waals surface area (Å²) in [5.41, 5.74) is 0.336. The van der Waals surface area contributed by atoms with E-state index in [0.717, 1.165) is 0 Å². The van der Waals surface area contributed by atoms with Crippen LogP contribution in [0.1, 0.15) is 0 Å². The number of anilines is 1. The van der Waals surface area contributed by atoms with Crippen molar-refractivity contribution in [1.29, 1.82) is 0 Å². The average Bonchev–Trinajstić information content (AvgIpc) is 2.46. The van der Waals surface area contributed by atoms with Crippen LogP contribution in [0.2, 0.25) is 5.02 Å². The van der Waals surface area contributed by atoms with Gasteiger partial charge in [0.2, 0.25) is 0 Å². The molecule has 0 aliphatic heterocycles. The van der Waals surface area contributed by atoms with Gasteiger partial charge in [0.1, 0.15) is 18.3 Å². The quantitative estimate of drug-likeness (QED) is 0.388. The number of aliphatic hydroxyl groups excluding tert-OH is 5. The van der Waals surface area contributed by atoms with Crippen molar-refractivity contribution in [3.63, 3.8) is 0 Å². The molecule has 0 aliphatic rings.